The van der Waals surface area contributed by atoms with E-state index in [1.807, 2.05) is 26.0 Å². The van der Waals surface area contributed by atoms with E-state index >= 15 is 0 Å². The van der Waals surface area contributed by atoms with E-state index in [1.54, 1.807) is 30.3 Å². The van der Waals surface area contributed by atoms with Gasteiger partial charge in [0.25, 0.3) is 5.91 Å². The molecule has 0 aromatic heterocycles. The summed E-state index contributed by atoms with van der Waals surface area (Å²) in [5.74, 6) is 4.29. The number of carbonyl (C=O) groups is 2. The number of halogens is 2. The SMILES string of the molecule is Cc1cccc(NC(=O)C(CC(=O)C=Cc2ccc(Cl)cc2Cl)=NNC(=S)NN)c1C. The molecule has 0 aliphatic rings. The van der Waals surface area contributed by atoms with E-state index in [0.717, 1.165) is 11.1 Å². The van der Waals surface area contributed by atoms with Gasteiger partial charge in [-0.25, -0.2) is 5.84 Å². The molecule has 0 saturated carbocycles. The molecule has 2 aromatic rings. The van der Waals surface area contributed by atoms with Crippen LogP contribution in [0.2, 0.25) is 10.0 Å². The van der Waals surface area contributed by atoms with Crippen molar-refractivity contribution in [1.82, 2.24) is 10.9 Å². The van der Waals surface area contributed by atoms with Crippen LogP contribution in [0, 0.1) is 13.8 Å². The highest BCUT2D eigenvalue weighted by Crippen LogP contribution is 2.22. The molecule has 0 fully saturated rings. The van der Waals surface area contributed by atoms with Gasteiger partial charge in [-0.2, -0.15) is 5.10 Å². The minimum Gasteiger partial charge on any atom is -0.321 e. The summed E-state index contributed by atoms with van der Waals surface area (Å²) in [7, 11) is 0. The predicted molar refractivity (Wildman–Crippen MR) is 130 cm³/mol. The highest BCUT2D eigenvalue weighted by molar-refractivity contribution is 7.80. The zero-order chi connectivity index (χ0) is 23.0. The molecule has 2 rings (SSSR count). The van der Waals surface area contributed by atoms with Crippen molar-refractivity contribution in [2.45, 2.75) is 20.3 Å². The lowest BCUT2D eigenvalue weighted by Gasteiger charge is -2.11. The molecule has 0 spiro atoms. The summed E-state index contributed by atoms with van der Waals surface area (Å²) >= 11 is 16.9. The first kappa shape index (κ1) is 24.5. The summed E-state index contributed by atoms with van der Waals surface area (Å²) in [6.07, 6.45) is 2.58. The van der Waals surface area contributed by atoms with Crippen LogP contribution in [-0.2, 0) is 9.59 Å². The highest BCUT2D eigenvalue weighted by Gasteiger charge is 2.17. The molecule has 0 aliphatic heterocycles. The lowest BCUT2D eigenvalue weighted by molar-refractivity contribution is -0.115. The second-order valence-electron chi connectivity index (χ2n) is 6.49. The van der Waals surface area contributed by atoms with Gasteiger partial charge >= 0.3 is 0 Å². The molecule has 0 aliphatic carbocycles. The lowest BCUT2D eigenvalue weighted by atomic mass is 10.1. The van der Waals surface area contributed by atoms with E-state index in [4.69, 9.17) is 41.3 Å². The number of anilines is 1. The van der Waals surface area contributed by atoms with Crippen LogP contribution >= 0.6 is 35.4 Å². The number of rotatable bonds is 7. The number of nitrogens with two attached hydrogens (primary N) is 1. The Labute approximate surface area is 195 Å². The van der Waals surface area contributed by atoms with E-state index in [9.17, 15) is 9.59 Å². The number of nitrogens with zero attached hydrogens (tertiary/aromatic N) is 1. The van der Waals surface area contributed by atoms with Crippen LogP contribution in [0.1, 0.15) is 23.1 Å². The first-order valence-electron chi connectivity index (χ1n) is 9.08. The van der Waals surface area contributed by atoms with Gasteiger partial charge in [0.1, 0.15) is 5.71 Å². The number of hydrogen-bond acceptors (Lipinski definition) is 5. The molecule has 162 valence electrons. The summed E-state index contributed by atoms with van der Waals surface area (Å²) in [5, 5.41) is 7.59. The number of ketones is 1. The molecule has 1 amide bonds. The van der Waals surface area contributed by atoms with Crippen LogP contribution in [0.3, 0.4) is 0 Å². The first-order valence-corrected chi connectivity index (χ1v) is 10.2. The maximum atomic E-state index is 12.8. The second kappa shape index (κ2) is 11.6. The Balaban J connectivity index is 2.19. The zero-order valence-electron chi connectivity index (χ0n) is 16.8. The number of hydrogen-bond donors (Lipinski definition) is 4. The number of hydrazone groups is 1. The minimum absolute atomic E-state index is 0.00651. The number of allylic oxidation sites excluding steroid dienone is 1. The molecular formula is C21H21Cl2N5O2S. The van der Waals surface area contributed by atoms with E-state index in [2.05, 4.69) is 21.3 Å². The monoisotopic (exact) mass is 477 g/mol. The quantitative estimate of drug-likeness (QED) is 0.158. The van der Waals surface area contributed by atoms with Crippen LogP contribution in [0.15, 0.2) is 47.6 Å². The van der Waals surface area contributed by atoms with Gasteiger partial charge in [-0.1, -0.05) is 41.4 Å². The van der Waals surface area contributed by atoms with Crippen LogP contribution in [-0.4, -0.2) is 22.5 Å². The van der Waals surface area contributed by atoms with E-state index in [1.165, 1.54) is 6.08 Å². The predicted octanol–water partition coefficient (Wildman–Crippen LogP) is 3.92. The fraction of sp³-hybridized carbons (Fsp3) is 0.143. The fourth-order valence-electron chi connectivity index (χ4n) is 2.45. The minimum atomic E-state index is -0.549. The molecule has 0 saturated heterocycles. The van der Waals surface area contributed by atoms with Crippen molar-refractivity contribution in [2.75, 3.05) is 5.32 Å². The van der Waals surface area contributed by atoms with Crippen molar-refractivity contribution in [1.29, 1.82) is 0 Å². The van der Waals surface area contributed by atoms with Gasteiger partial charge < -0.3 is 5.32 Å². The van der Waals surface area contributed by atoms with Crippen LogP contribution < -0.4 is 22.0 Å². The Hall–Kier alpha value is -2.78. The number of amides is 1. The average molecular weight is 478 g/mol. The summed E-state index contributed by atoms with van der Waals surface area (Å²) in [5.41, 5.74) is 7.71. The average Bonchev–Trinajstić information content (AvgIpc) is 2.73. The summed E-state index contributed by atoms with van der Waals surface area (Å²) in [4.78, 5) is 25.3. The van der Waals surface area contributed by atoms with Gasteiger partial charge in [-0.3, -0.25) is 20.4 Å². The van der Waals surface area contributed by atoms with Gasteiger partial charge in [-0.05, 0) is 73.1 Å². The van der Waals surface area contributed by atoms with Crippen molar-refractivity contribution >= 4 is 69.7 Å². The number of hydrazine groups is 1. The molecule has 2 aromatic carbocycles. The second-order valence-corrected chi connectivity index (χ2v) is 7.74. The summed E-state index contributed by atoms with van der Waals surface area (Å²) < 4.78 is 0. The van der Waals surface area contributed by atoms with Gasteiger partial charge in [0.2, 0.25) is 5.11 Å². The maximum absolute atomic E-state index is 12.8. The fourth-order valence-corrected chi connectivity index (χ4v) is 2.96. The third kappa shape index (κ3) is 7.45. The van der Waals surface area contributed by atoms with Gasteiger partial charge in [0, 0.05) is 15.7 Å². The Morgan fingerprint density at radius 1 is 1.19 bits per heavy atom. The maximum Gasteiger partial charge on any atom is 0.272 e. The topological polar surface area (TPSA) is 109 Å². The molecule has 0 atom stereocenters. The van der Waals surface area contributed by atoms with Gasteiger partial charge in [0.15, 0.2) is 5.78 Å². The van der Waals surface area contributed by atoms with Crippen molar-refractivity contribution < 1.29 is 9.59 Å². The van der Waals surface area contributed by atoms with E-state index in [-0.39, 0.29) is 23.0 Å². The zero-order valence-corrected chi connectivity index (χ0v) is 19.2. The Morgan fingerprint density at radius 2 is 1.94 bits per heavy atom. The molecule has 0 radical (unpaired) electrons. The molecule has 31 heavy (non-hydrogen) atoms. The number of aryl methyl sites for hydroxylation is 1. The molecular weight excluding hydrogens is 457 g/mol. The lowest BCUT2D eigenvalue weighted by Crippen LogP contribution is -2.38. The van der Waals surface area contributed by atoms with Crippen molar-refractivity contribution in [2.24, 2.45) is 10.9 Å². The molecule has 0 heterocycles. The van der Waals surface area contributed by atoms with Crippen LogP contribution in [0.4, 0.5) is 5.69 Å². The number of benzene rings is 2. The third-order valence-corrected chi connectivity index (χ3v) is 5.06. The largest absolute Gasteiger partial charge is 0.321 e. The molecule has 0 unspecified atom stereocenters. The summed E-state index contributed by atoms with van der Waals surface area (Å²) in [6, 6.07) is 10.4. The summed E-state index contributed by atoms with van der Waals surface area (Å²) in [6.45, 7) is 3.82. The van der Waals surface area contributed by atoms with Crippen molar-refractivity contribution in [3.05, 3.63) is 69.2 Å². The van der Waals surface area contributed by atoms with Crippen LogP contribution in [0.5, 0.6) is 0 Å². The normalized spacial score (nSPS) is 11.3. The molecule has 5 N–H and O–H groups in total. The standard InChI is InChI=1S/C21H21Cl2N5O2S/c1-12-4-3-5-18(13(12)2)25-20(30)19(27-28-21(31)26-24)11-16(29)9-7-14-6-8-15(22)10-17(14)23/h3-10H,11,24H2,1-2H3,(H,25,30)(H2,26,28,31). The first-order chi connectivity index (χ1) is 14.7. The Morgan fingerprint density at radius 3 is 2.61 bits per heavy atom. The highest BCUT2D eigenvalue weighted by atomic mass is 35.5. The van der Waals surface area contributed by atoms with Gasteiger partial charge in [0.05, 0.1) is 6.42 Å². The number of nitrogens with one attached hydrogen (secondary N) is 3. The molecule has 7 nitrogen and oxygen atoms in total. The van der Waals surface area contributed by atoms with Gasteiger partial charge in [-0.15, -0.1) is 0 Å². The number of carbonyl (C=O) groups excluding carboxylic acids is 2. The van der Waals surface area contributed by atoms with Crippen molar-refractivity contribution in [3.63, 3.8) is 0 Å². The van der Waals surface area contributed by atoms with Crippen LogP contribution in [0.25, 0.3) is 6.08 Å². The van der Waals surface area contributed by atoms with E-state index in [0.29, 0.717) is 21.3 Å². The Bertz CT molecular complexity index is 1070. The molecule has 0 bridgehead atoms. The van der Waals surface area contributed by atoms with E-state index < -0.39 is 5.91 Å². The number of thiocarbonyl (C=S) groups is 1. The Kier molecular flexibility index (Phi) is 9.14. The van der Waals surface area contributed by atoms with Crippen molar-refractivity contribution in [3.8, 4) is 0 Å². The third-order valence-electron chi connectivity index (χ3n) is 4.29. The molecule has 10 heteroatoms. The smallest absolute Gasteiger partial charge is 0.272 e.